The predicted molar refractivity (Wildman–Crippen MR) is 99.0 cm³/mol. The second kappa shape index (κ2) is 6.34. The van der Waals surface area contributed by atoms with Crippen molar-refractivity contribution in [2.24, 2.45) is 0 Å². The highest BCUT2D eigenvalue weighted by Gasteiger charge is 2.19. The van der Waals surface area contributed by atoms with Crippen LogP contribution in [-0.4, -0.2) is 46.7 Å². The number of aliphatic hydroxyl groups excluding tert-OH is 1. The van der Waals surface area contributed by atoms with Crippen molar-refractivity contribution in [1.82, 2.24) is 15.3 Å². The number of aromatic nitrogens is 2. The number of hydrogen-bond donors (Lipinski definition) is 3. The Morgan fingerprint density at radius 3 is 2.77 bits per heavy atom. The standard InChI is InChI=1S/C19H23N3O4/c1-19(2,3)21-6-11(23)9-24-17-8-20-7-14-18(17)12-4-15-16(26-10-25-15)5-13(12)22-14/h4-5,7-8,11,21-23H,6,9-10H2,1-3H3. The molecule has 2 aromatic heterocycles. The molecule has 0 spiro atoms. The first-order valence-corrected chi connectivity index (χ1v) is 8.66. The van der Waals surface area contributed by atoms with Crippen LogP contribution in [0.4, 0.5) is 0 Å². The van der Waals surface area contributed by atoms with Gasteiger partial charge in [0.05, 0.1) is 28.8 Å². The van der Waals surface area contributed by atoms with Gasteiger partial charge in [0.15, 0.2) is 11.5 Å². The molecule has 0 bridgehead atoms. The second-order valence-corrected chi connectivity index (χ2v) is 7.53. The molecular formula is C19H23N3O4. The Balaban J connectivity index is 1.60. The Bertz CT molecular complexity index is 945. The van der Waals surface area contributed by atoms with E-state index in [0.29, 0.717) is 12.3 Å². The van der Waals surface area contributed by atoms with Gasteiger partial charge in [0, 0.05) is 23.5 Å². The van der Waals surface area contributed by atoms with E-state index in [0.717, 1.165) is 33.3 Å². The SMILES string of the molecule is CC(C)(C)NCC(O)COc1cncc2[nH]c3cc4c(cc3c12)OCO4. The fraction of sp³-hybridized carbons (Fsp3) is 0.421. The summed E-state index contributed by atoms with van der Waals surface area (Å²) in [6.45, 7) is 7.04. The van der Waals surface area contributed by atoms with Gasteiger partial charge < -0.3 is 29.6 Å². The molecule has 26 heavy (non-hydrogen) atoms. The molecule has 0 aliphatic carbocycles. The van der Waals surface area contributed by atoms with Crippen LogP contribution in [0.15, 0.2) is 24.5 Å². The molecule has 0 saturated heterocycles. The summed E-state index contributed by atoms with van der Waals surface area (Å²) >= 11 is 0. The van der Waals surface area contributed by atoms with Crippen molar-refractivity contribution in [3.05, 3.63) is 24.5 Å². The molecule has 1 aliphatic rings. The smallest absolute Gasteiger partial charge is 0.231 e. The molecule has 1 aliphatic heterocycles. The highest BCUT2D eigenvalue weighted by Crippen LogP contribution is 2.40. The Morgan fingerprint density at radius 2 is 2.00 bits per heavy atom. The summed E-state index contributed by atoms with van der Waals surface area (Å²) < 4.78 is 16.8. The summed E-state index contributed by atoms with van der Waals surface area (Å²) in [6.07, 6.45) is 2.81. The average molecular weight is 357 g/mol. The summed E-state index contributed by atoms with van der Waals surface area (Å²) in [5.41, 5.74) is 1.74. The largest absolute Gasteiger partial charge is 0.488 e. The molecule has 3 N–H and O–H groups in total. The number of hydrogen-bond acceptors (Lipinski definition) is 6. The van der Waals surface area contributed by atoms with Crippen LogP contribution in [-0.2, 0) is 0 Å². The van der Waals surface area contributed by atoms with E-state index in [1.54, 1.807) is 12.4 Å². The van der Waals surface area contributed by atoms with Crippen LogP contribution in [0.1, 0.15) is 20.8 Å². The fourth-order valence-electron chi connectivity index (χ4n) is 2.99. The third kappa shape index (κ3) is 3.27. The van der Waals surface area contributed by atoms with Crippen LogP contribution in [0, 0.1) is 0 Å². The lowest BCUT2D eigenvalue weighted by atomic mass is 10.1. The Kier molecular flexibility index (Phi) is 4.13. The van der Waals surface area contributed by atoms with Gasteiger partial charge in [-0.2, -0.15) is 0 Å². The van der Waals surface area contributed by atoms with E-state index >= 15 is 0 Å². The van der Waals surface area contributed by atoms with Crippen molar-refractivity contribution in [3.63, 3.8) is 0 Å². The first kappa shape index (κ1) is 16.9. The van der Waals surface area contributed by atoms with Crippen LogP contribution in [0.5, 0.6) is 17.2 Å². The number of benzene rings is 1. The van der Waals surface area contributed by atoms with Crippen molar-refractivity contribution in [1.29, 1.82) is 0 Å². The number of β-amino-alcohol motifs (C(OH)–C–C–N with tert-alkyl or cyclic N) is 1. The monoisotopic (exact) mass is 357 g/mol. The number of fused-ring (bicyclic) bond motifs is 4. The van der Waals surface area contributed by atoms with Crippen LogP contribution in [0.2, 0.25) is 0 Å². The van der Waals surface area contributed by atoms with Crippen LogP contribution in [0.3, 0.4) is 0 Å². The van der Waals surface area contributed by atoms with E-state index in [1.165, 1.54) is 0 Å². The molecule has 1 atom stereocenters. The summed E-state index contributed by atoms with van der Waals surface area (Å²) in [5, 5.41) is 15.3. The van der Waals surface area contributed by atoms with E-state index in [4.69, 9.17) is 14.2 Å². The van der Waals surface area contributed by atoms with Gasteiger partial charge in [0.25, 0.3) is 0 Å². The highest BCUT2D eigenvalue weighted by atomic mass is 16.7. The topological polar surface area (TPSA) is 88.6 Å². The van der Waals surface area contributed by atoms with Gasteiger partial charge in [0.2, 0.25) is 6.79 Å². The molecule has 3 aromatic rings. The minimum atomic E-state index is -0.615. The van der Waals surface area contributed by atoms with Gasteiger partial charge in [-0.1, -0.05) is 0 Å². The van der Waals surface area contributed by atoms with Gasteiger partial charge in [-0.3, -0.25) is 4.98 Å². The maximum atomic E-state index is 10.2. The van der Waals surface area contributed by atoms with Gasteiger partial charge in [-0.05, 0) is 26.8 Å². The van der Waals surface area contributed by atoms with E-state index in [1.807, 2.05) is 12.1 Å². The highest BCUT2D eigenvalue weighted by molar-refractivity contribution is 6.11. The minimum Gasteiger partial charge on any atom is -0.488 e. The van der Waals surface area contributed by atoms with Crippen LogP contribution < -0.4 is 19.5 Å². The molecule has 138 valence electrons. The Morgan fingerprint density at radius 1 is 1.23 bits per heavy atom. The third-order valence-electron chi connectivity index (χ3n) is 4.26. The Hall–Kier alpha value is -2.51. The third-order valence-corrected chi connectivity index (χ3v) is 4.26. The molecule has 3 heterocycles. The zero-order valence-corrected chi connectivity index (χ0v) is 15.1. The molecule has 0 saturated carbocycles. The van der Waals surface area contributed by atoms with Crippen LogP contribution >= 0.6 is 0 Å². The fourth-order valence-corrected chi connectivity index (χ4v) is 2.99. The first-order chi connectivity index (χ1) is 12.4. The lowest BCUT2D eigenvalue weighted by molar-refractivity contribution is 0.101. The van der Waals surface area contributed by atoms with Gasteiger partial charge >= 0.3 is 0 Å². The van der Waals surface area contributed by atoms with Crippen molar-refractivity contribution in [2.45, 2.75) is 32.4 Å². The molecular weight excluding hydrogens is 334 g/mol. The molecule has 0 radical (unpaired) electrons. The number of H-pyrrole nitrogens is 1. The van der Waals surface area contributed by atoms with Gasteiger partial charge in [0.1, 0.15) is 18.5 Å². The number of nitrogens with zero attached hydrogens (tertiary/aromatic N) is 1. The summed E-state index contributed by atoms with van der Waals surface area (Å²) in [6, 6.07) is 3.87. The minimum absolute atomic E-state index is 0.0537. The number of pyridine rings is 1. The average Bonchev–Trinajstić information content (AvgIpc) is 3.18. The number of aromatic amines is 1. The maximum absolute atomic E-state index is 10.2. The molecule has 4 rings (SSSR count). The van der Waals surface area contributed by atoms with Crippen LogP contribution in [0.25, 0.3) is 21.8 Å². The van der Waals surface area contributed by atoms with Crippen molar-refractivity contribution < 1.29 is 19.3 Å². The first-order valence-electron chi connectivity index (χ1n) is 8.66. The quantitative estimate of drug-likeness (QED) is 0.650. The molecule has 7 nitrogen and oxygen atoms in total. The van der Waals surface area contributed by atoms with E-state index < -0.39 is 6.10 Å². The molecule has 1 unspecified atom stereocenters. The van der Waals surface area contributed by atoms with E-state index in [-0.39, 0.29) is 18.9 Å². The molecule has 7 heteroatoms. The van der Waals surface area contributed by atoms with E-state index in [9.17, 15) is 5.11 Å². The molecule has 1 aromatic carbocycles. The molecule has 0 amide bonds. The number of aliphatic hydroxyl groups is 1. The predicted octanol–water partition coefficient (Wildman–Crippen LogP) is 2.57. The van der Waals surface area contributed by atoms with Gasteiger partial charge in [-0.15, -0.1) is 0 Å². The lowest BCUT2D eigenvalue weighted by Gasteiger charge is -2.23. The normalized spacial score (nSPS) is 14.9. The van der Waals surface area contributed by atoms with Crippen molar-refractivity contribution in [3.8, 4) is 17.2 Å². The summed E-state index contributed by atoms with van der Waals surface area (Å²) in [4.78, 5) is 7.56. The summed E-state index contributed by atoms with van der Waals surface area (Å²) in [7, 11) is 0. The van der Waals surface area contributed by atoms with E-state index in [2.05, 4.69) is 36.1 Å². The van der Waals surface area contributed by atoms with Crippen molar-refractivity contribution >= 4 is 21.8 Å². The van der Waals surface area contributed by atoms with Gasteiger partial charge in [-0.25, -0.2) is 0 Å². The summed E-state index contributed by atoms with van der Waals surface area (Å²) in [5.74, 6) is 2.07. The second-order valence-electron chi connectivity index (χ2n) is 7.53. The number of ether oxygens (including phenoxy) is 3. The van der Waals surface area contributed by atoms with Crippen molar-refractivity contribution in [2.75, 3.05) is 19.9 Å². The molecule has 0 fully saturated rings. The lowest BCUT2D eigenvalue weighted by Crippen LogP contribution is -2.42. The zero-order chi connectivity index (χ0) is 18.3. The Labute approximate surface area is 151 Å². The maximum Gasteiger partial charge on any atom is 0.231 e. The number of nitrogens with one attached hydrogen (secondary N) is 2. The number of rotatable bonds is 5. The zero-order valence-electron chi connectivity index (χ0n) is 15.1.